The van der Waals surface area contributed by atoms with E-state index in [1.807, 2.05) is 35.2 Å². The Kier molecular flexibility index (Phi) is 3.43. The van der Waals surface area contributed by atoms with Crippen LogP contribution in [0.3, 0.4) is 0 Å². The number of carboxylic acids is 1. The van der Waals surface area contributed by atoms with Crippen molar-refractivity contribution in [2.24, 2.45) is 0 Å². The fourth-order valence-electron chi connectivity index (χ4n) is 2.68. The number of fused-ring (bicyclic) bond motifs is 1. The first kappa shape index (κ1) is 13.5. The Balaban J connectivity index is 1.71. The quantitative estimate of drug-likeness (QED) is 0.863. The number of carbonyl (C=O) groups excluding carboxylic acids is 1. The predicted octanol–water partition coefficient (Wildman–Crippen LogP) is 0.905. The molecule has 0 spiro atoms. The fourth-order valence-corrected chi connectivity index (χ4v) is 4.21. The van der Waals surface area contributed by atoms with Gasteiger partial charge >= 0.3 is 5.97 Å². The molecule has 3 rings (SSSR count). The second kappa shape index (κ2) is 5.10. The van der Waals surface area contributed by atoms with Gasteiger partial charge in [0.2, 0.25) is 11.6 Å². The minimum Gasteiger partial charge on any atom is -0.478 e. The summed E-state index contributed by atoms with van der Waals surface area (Å²) in [5.74, 6) is -0.798. The molecule has 1 aromatic rings. The van der Waals surface area contributed by atoms with Gasteiger partial charge in [-0.05, 0) is 12.0 Å². The lowest BCUT2D eigenvalue weighted by atomic mass is 10.0. The van der Waals surface area contributed by atoms with Crippen LogP contribution >= 0.6 is 11.8 Å². The molecule has 2 aliphatic rings. The summed E-state index contributed by atoms with van der Waals surface area (Å²) >= 11 is 1.61. The summed E-state index contributed by atoms with van der Waals surface area (Å²) in [6, 6.07) is 9.35. The van der Waals surface area contributed by atoms with Crippen LogP contribution in [0.1, 0.15) is 12.0 Å². The van der Waals surface area contributed by atoms with E-state index < -0.39 is 11.6 Å². The highest BCUT2D eigenvalue weighted by molar-refractivity contribution is 8.00. The molecule has 2 unspecified atom stereocenters. The van der Waals surface area contributed by atoms with E-state index in [1.54, 1.807) is 11.8 Å². The maximum absolute atomic E-state index is 12.1. The smallest absolute Gasteiger partial charge is 0.345 e. The van der Waals surface area contributed by atoms with Gasteiger partial charge in [0.1, 0.15) is 0 Å². The van der Waals surface area contributed by atoms with Gasteiger partial charge in [0.25, 0.3) is 0 Å². The molecule has 2 atom stereocenters. The molecule has 1 amide bonds. The molecule has 2 fully saturated rings. The Morgan fingerprint density at radius 1 is 1.40 bits per heavy atom. The van der Waals surface area contributed by atoms with Crippen molar-refractivity contribution in [1.29, 1.82) is 0 Å². The fraction of sp³-hybridized carbons (Fsp3) is 0.429. The van der Waals surface area contributed by atoms with E-state index in [0.717, 1.165) is 18.5 Å². The van der Waals surface area contributed by atoms with E-state index in [9.17, 15) is 14.7 Å². The maximum atomic E-state index is 12.1. The van der Waals surface area contributed by atoms with Crippen LogP contribution in [-0.4, -0.2) is 45.2 Å². The average molecular weight is 292 g/mol. The summed E-state index contributed by atoms with van der Waals surface area (Å²) in [6.07, 6.45) is 1.20. The first-order valence-electron chi connectivity index (χ1n) is 6.58. The SMILES string of the molecule is O=C(Cc1ccccc1)NC1(C(=O)O)CSC2CCN21. The standard InChI is InChI=1S/C14H16N2O3S/c17-11(8-10-4-2-1-3-5-10)15-14(13(18)19)9-20-12-6-7-16(12)14/h1-5,12H,6-9H2,(H,15,17)(H,18,19). The number of thioether (sulfide) groups is 1. The summed E-state index contributed by atoms with van der Waals surface area (Å²) in [5, 5.41) is 12.5. The molecule has 2 saturated heterocycles. The van der Waals surface area contributed by atoms with Crippen LogP contribution in [0.15, 0.2) is 30.3 Å². The largest absolute Gasteiger partial charge is 0.478 e. The number of nitrogens with zero attached hydrogens (tertiary/aromatic N) is 1. The minimum absolute atomic E-state index is 0.207. The van der Waals surface area contributed by atoms with Gasteiger partial charge < -0.3 is 10.4 Å². The number of aliphatic carboxylic acids is 1. The van der Waals surface area contributed by atoms with Crippen molar-refractivity contribution in [3.05, 3.63) is 35.9 Å². The second-order valence-electron chi connectivity index (χ2n) is 5.12. The lowest BCUT2D eigenvalue weighted by molar-refractivity contribution is -0.158. The highest BCUT2D eigenvalue weighted by Gasteiger charge is 2.57. The average Bonchev–Trinajstić information content (AvgIpc) is 2.62. The lowest BCUT2D eigenvalue weighted by Gasteiger charge is -2.43. The topological polar surface area (TPSA) is 69.6 Å². The minimum atomic E-state index is -1.22. The van der Waals surface area contributed by atoms with Gasteiger partial charge in [0, 0.05) is 12.3 Å². The highest BCUT2D eigenvalue weighted by atomic mass is 32.2. The number of benzene rings is 1. The molecule has 2 heterocycles. The predicted molar refractivity (Wildman–Crippen MR) is 76.2 cm³/mol. The summed E-state index contributed by atoms with van der Waals surface area (Å²) < 4.78 is 0. The molecule has 0 aliphatic carbocycles. The van der Waals surface area contributed by atoms with Crippen LogP contribution in [0, 0.1) is 0 Å². The van der Waals surface area contributed by atoms with E-state index in [4.69, 9.17) is 0 Å². The molecule has 20 heavy (non-hydrogen) atoms. The van der Waals surface area contributed by atoms with Gasteiger partial charge in [-0.3, -0.25) is 9.69 Å². The summed E-state index contributed by atoms with van der Waals surface area (Å²) in [6.45, 7) is 0.732. The van der Waals surface area contributed by atoms with Gasteiger partial charge in [-0.1, -0.05) is 30.3 Å². The Morgan fingerprint density at radius 3 is 2.70 bits per heavy atom. The number of hydrogen-bond donors (Lipinski definition) is 2. The van der Waals surface area contributed by atoms with Crippen LogP contribution in [0.25, 0.3) is 0 Å². The zero-order valence-corrected chi connectivity index (χ0v) is 11.7. The van der Waals surface area contributed by atoms with Crippen molar-refractivity contribution in [2.45, 2.75) is 23.9 Å². The molecular formula is C14H16N2O3S. The van der Waals surface area contributed by atoms with Crippen LogP contribution in [-0.2, 0) is 16.0 Å². The molecule has 0 radical (unpaired) electrons. The van der Waals surface area contributed by atoms with Crippen molar-refractivity contribution in [3.8, 4) is 0 Å². The first-order chi connectivity index (χ1) is 9.62. The van der Waals surface area contributed by atoms with Crippen molar-refractivity contribution >= 4 is 23.6 Å². The Labute approximate surface area is 121 Å². The Morgan fingerprint density at radius 2 is 2.15 bits per heavy atom. The van der Waals surface area contributed by atoms with Crippen LogP contribution in [0.4, 0.5) is 0 Å². The Hall–Kier alpha value is -1.53. The lowest BCUT2D eigenvalue weighted by Crippen LogP contribution is -2.68. The molecule has 6 heteroatoms. The molecule has 0 aromatic heterocycles. The van der Waals surface area contributed by atoms with Crippen molar-refractivity contribution in [1.82, 2.24) is 10.2 Å². The number of carboxylic acid groups (broad SMARTS) is 1. The van der Waals surface area contributed by atoms with E-state index >= 15 is 0 Å². The molecule has 0 bridgehead atoms. The third kappa shape index (κ3) is 2.19. The third-order valence-corrected chi connectivity index (χ3v) is 5.31. The summed E-state index contributed by atoms with van der Waals surface area (Å²) in [5.41, 5.74) is -0.337. The summed E-state index contributed by atoms with van der Waals surface area (Å²) in [7, 11) is 0. The third-order valence-electron chi connectivity index (χ3n) is 3.85. The number of amides is 1. The van der Waals surface area contributed by atoms with Crippen LogP contribution in [0.2, 0.25) is 0 Å². The number of nitrogens with one attached hydrogen (secondary N) is 1. The van der Waals surface area contributed by atoms with Crippen molar-refractivity contribution in [2.75, 3.05) is 12.3 Å². The Bertz CT molecular complexity index is 536. The molecule has 1 aromatic carbocycles. The maximum Gasteiger partial charge on any atom is 0.345 e. The normalized spacial score (nSPS) is 28.5. The van der Waals surface area contributed by atoms with E-state index in [-0.39, 0.29) is 17.7 Å². The first-order valence-corrected chi connectivity index (χ1v) is 7.63. The van der Waals surface area contributed by atoms with Gasteiger partial charge in [0.05, 0.1) is 11.8 Å². The second-order valence-corrected chi connectivity index (χ2v) is 6.29. The van der Waals surface area contributed by atoms with E-state index in [0.29, 0.717) is 5.75 Å². The monoisotopic (exact) mass is 292 g/mol. The summed E-state index contributed by atoms with van der Waals surface area (Å²) in [4.78, 5) is 25.7. The highest BCUT2D eigenvalue weighted by Crippen LogP contribution is 2.43. The zero-order valence-electron chi connectivity index (χ0n) is 10.9. The molecule has 2 aliphatic heterocycles. The van der Waals surface area contributed by atoms with Crippen LogP contribution in [0.5, 0.6) is 0 Å². The van der Waals surface area contributed by atoms with Gasteiger partial charge in [0.15, 0.2) is 0 Å². The number of hydrogen-bond acceptors (Lipinski definition) is 4. The molecule has 5 nitrogen and oxygen atoms in total. The van der Waals surface area contributed by atoms with Gasteiger partial charge in [-0.15, -0.1) is 11.8 Å². The molecule has 0 saturated carbocycles. The van der Waals surface area contributed by atoms with Crippen molar-refractivity contribution < 1.29 is 14.7 Å². The molecule has 106 valence electrons. The molecule has 2 N–H and O–H groups in total. The van der Waals surface area contributed by atoms with Crippen molar-refractivity contribution in [3.63, 3.8) is 0 Å². The van der Waals surface area contributed by atoms with E-state index in [2.05, 4.69) is 5.32 Å². The number of rotatable bonds is 4. The number of carbonyl (C=O) groups is 2. The van der Waals surface area contributed by atoms with Gasteiger partial charge in [-0.25, -0.2) is 4.79 Å². The van der Waals surface area contributed by atoms with E-state index in [1.165, 1.54) is 0 Å². The zero-order chi connectivity index (χ0) is 14.2. The van der Waals surface area contributed by atoms with Gasteiger partial charge in [-0.2, -0.15) is 0 Å². The van der Waals surface area contributed by atoms with Crippen LogP contribution < -0.4 is 5.32 Å². The molecular weight excluding hydrogens is 276 g/mol.